The van der Waals surface area contributed by atoms with E-state index in [1.807, 2.05) is 19.1 Å². The summed E-state index contributed by atoms with van der Waals surface area (Å²) in [6, 6.07) is 3.04. The van der Waals surface area contributed by atoms with Gasteiger partial charge in [-0.25, -0.2) is 0 Å². The highest BCUT2D eigenvalue weighted by Gasteiger charge is 2.17. The second-order valence-corrected chi connectivity index (χ2v) is 4.20. The average molecular weight is 267 g/mol. The van der Waals surface area contributed by atoms with E-state index in [0.29, 0.717) is 24.5 Å². The van der Waals surface area contributed by atoms with E-state index >= 15 is 0 Å². The van der Waals surface area contributed by atoms with Crippen LogP contribution in [0.4, 0.5) is 0 Å². The molecule has 19 heavy (non-hydrogen) atoms. The van der Waals surface area contributed by atoms with Crippen LogP contribution in [0.1, 0.15) is 18.1 Å². The largest absolute Gasteiger partial charge is 0.493 e. The van der Waals surface area contributed by atoms with Crippen LogP contribution in [0.3, 0.4) is 0 Å². The summed E-state index contributed by atoms with van der Waals surface area (Å²) in [6.45, 7) is 4.03. The van der Waals surface area contributed by atoms with Crippen LogP contribution in [-0.4, -0.2) is 32.8 Å². The molecule has 1 aromatic rings. The summed E-state index contributed by atoms with van der Waals surface area (Å²) in [4.78, 5) is 11.5. The molecule has 0 aliphatic rings. The summed E-state index contributed by atoms with van der Waals surface area (Å²) in [7, 11) is 3.16. The summed E-state index contributed by atoms with van der Waals surface area (Å²) in [5.74, 6) is 0.893. The van der Waals surface area contributed by atoms with Crippen LogP contribution in [0, 0.1) is 6.92 Å². The number of rotatable bonds is 6. The van der Waals surface area contributed by atoms with E-state index < -0.39 is 12.0 Å². The molecule has 5 nitrogen and oxygen atoms in total. The van der Waals surface area contributed by atoms with Crippen LogP contribution >= 0.6 is 0 Å². The van der Waals surface area contributed by atoms with Gasteiger partial charge in [0.2, 0.25) is 0 Å². The maximum absolute atomic E-state index is 11.5. The van der Waals surface area contributed by atoms with Gasteiger partial charge >= 0.3 is 5.97 Å². The lowest BCUT2D eigenvalue weighted by Crippen LogP contribution is -2.34. The Kier molecular flexibility index (Phi) is 5.63. The van der Waals surface area contributed by atoms with Gasteiger partial charge in [0.05, 0.1) is 20.8 Å². The van der Waals surface area contributed by atoms with E-state index in [0.717, 1.165) is 11.1 Å². The minimum Gasteiger partial charge on any atom is -0.493 e. The van der Waals surface area contributed by atoms with Crippen LogP contribution in [0.2, 0.25) is 0 Å². The van der Waals surface area contributed by atoms with Crippen molar-refractivity contribution in [1.82, 2.24) is 0 Å². The zero-order valence-electron chi connectivity index (χ0n) is 11.9. The molecule has 0 bridgehead atoms. The van der Waals surface area contributed by atoms with E-state index in [4.69, 9.17) is 19.9 Å². The monoisotopic (exact) mass is 267 g/mol. The number of hydrogen-bond acceptors (Lipinski definition) is 5. The number of methoxy groups -OCH3 is 2. The third kappa shape index (κ3) is 3.86. The molecule has 1 unspecified atom stereocenters. The highest BCUT2D eigenvalue weighted by molar-refractivity contribution is 5.76. The fourth-order valence-electron chi connectivity index (χ4n) is 1.81. The first-order valence-electron chi connectivity index (χ1n) is 6.17. The molecule has 0 heterocycles. The van der Waals surface area contributed by atoms with Crippen molar-refractivity contribution in [3.05, 3.63) is 23.3 Å². The molecule has 1 rings (SSSR count). The highest BCUT2D eigenvalue weighted by Crippen LogP contribution is 2.30. The SMILES string of the molecule is CCOC(=O)C(N)Cc1cc(OC)c(OC)cc1C. The zero-order chi connectivity index (χ0) is 14.4. The maximum atomic E-state index is 11.5. The van der Waals surface area contributed by atoms with Gasteiger partial charge in [-0.15, -0.1) is 0 Å². The van der Waals surface area contributed by atoms with Gasteiger partial charge in [0, 0.05) is 0 Å². The molecule has 1 aromatic carbocycles. The molecule has 106 valence electrons. The molecule has 0 saturated carbocycles. The van der Waals surface area contributed by atoms with Gasteiger partial charge in [0.25, 0.3) is 0 Å². The Morgan fingerprint density at radius 1 is 1.26 bits per heavy atom. The molecular weight excluding hydrogens is 246 g/mol. The number of carbonyl (C=O) groups is 1. The second kappa shape index (κ2) is 6.99. The fourth-order valence-corrected chi connectivity index (χ4v) is 1.81. The summed E-state index contributed by atoms with van der Waals surface area (Å²) < 4.78 is 15.4. The Labute approximate surface area is 113 Å². The Morgan fingerprint density at radius 3 is 2.37 bits per heavy atom. The topological polar surface area (TPSA) is 70.8 Å². The van der Waals surface area contributed by atoms with Crippen LogP contribution in [0.15, 0.2) is 12.1 Å². The van der Waals surface area contributed by atoms with Crippen molar-refractivity contribution in [2.45, 2.75) is 26.3 Å². The van der Waals surface area contributed by atoms with Gasteiger partial charge in [-0.1, -0.05) is 0 Å². The first-order valence-corrected chi connectivity index (χ1v) is 6.17. The molecule has 0 spiro atoms. The third-order valence-electron chi connectivity index (χ3n) is 2.87. The molecule has 0 aliphatic carbocycles. The predicted octanol–water partition coefficient (Wildman–Crippen LogP) is 1.45. The number of benzene rings is 1. The molecule has 5 heteroatoms. The third-order valence-corrected chi connectivity index (χ3v) is 2.87. The molecular formula is C14H21NO4. The van der Waals surface area contributed by atoms with Gasteiger partial charge in [-0.3, -0.25) is 4.79 Å². The Bertz CT molecular complexity index is 445. The Morgan fingerprint density at radius 2 is 1.84 bits per heavy atom. The van der Waals surface area contributed by atoms with E-state index in [1.165, 1.54) is 0 Å². The van der Waals surface area contributed by atoms with E-state index in [-0.39, 0.29) is 0 Å². The minimum absolute atomic E-state index is 0.331. The summed E-state index contributed by atoms with van der Waals surface area (Å²) in [6.07, 6.45) is 0.408. The lowest BCUT2D eigenvalue weighted by Gasteiger charge is -2.15. The van der Waals surface area contributed by atoms with E-state index in [2.05, 4.69) is 0 Å². The lowest BCUT2D eigenvalue weighted by atomic mass is 10.0. The number of aryl methyl sites for hydroxylation is 1. The number of esters is 1. The summed E-state index contributed by atoms with van der Waals surface area (Å²) in [5, 5.41) is 0. The van der Waals surface area contributed by atoms with Crippen LogP contribution < -0.4 is 15.2 Å². The van der Waals surface area contributed by atoms with Crippen molar-refractivity contribution in [3.63, 3.8) is 0 Å². The molecule has 0 radical (unpaired) electrons. The quantitative estimate of drug-likeness (QED) is 0.790. The van der Waals surface area contributed by atoms with E-state index in [1.54, 1.807) is 21.1 Å². The Hall–Kier alpha value is -1.75. The molecule has 0 fully saturated rings. The van der Waals surface area contributed by atoms with Gasteiger partial charge < -0.3 is 19.9 Å². The molecule has 2 N–H and O–H groups in total. The first-order chi connectivity index (χ1) is 9.03. The van der Waals surface area contributed by atoms with Crippen molar-refractivity contribution in [1.29, 1.82) is 0 Å². The number of carbonyl (C=O) groups excluding carboxylic acids is 1. The number of hydrogen-bond donors (Lipinski definition) is 1. The highest BCUT2D eigenvalue weighted by atomic mass is 16.5. The number of ether oxygens (including phenoxy) is 3. The molecule has 0 amide bonds. The van der Waals surface area contributed by atoms with Crippen molar-refractivity contribution in [2.75, 3.05) is 20.8 Å². The van der Waals surface area contributed by atoms with Crippen molar-refractivity contribution in [2.24, 2.45) is 5.73 Å². The van der Waals surface area contributed by atoms with Crippen molar-refractivity contribution >= 4 is 5.97 Å². The first kappa shape index (κ1) is 15.3. The van der Waals surface area contributed by atoms with Crippen molar-refractivity contribution in [3.8, 4) is 11.5 Å². The Balaban J connectivity index is 2.92. The number of nitrogens with two attached hydrogens (primary N) is 1. The molecule has 0 aliphatic heterocycles. The van der Waals surface area contributed by atoms with Gasteiger partial charge in [0.15, 0.2) is 11.5 Å². The van der Waals surface area contributed by atoms with Crippen molar-refractivity contribution < 1.29 is 19.0 Å². The maximum Gasteiger partial charge on any atom is 0.323 e. The van der Waals surface area contributed by atoms with Crippen LogP contribution in [0.25, 0.3) is 0 Å². The lowest BCUT2D eigenvalue weighted by molar-refractivity contribution is -0.144. The normalized spacial score (nSPS) is 11.8. The minimum atomic E-state index is -0.670. The van der Waals surface area contributed by atoms with E-state index in [9.17, 15) is 4.79 Å². The summed E-state index contributed by atoms with van der Waals surface area (Å²) in [5.41, 5.74) is 7.76. The smallest absolute Gasteiger partial charge is 0.323 e. The second-order valence-electron chi connectivity index (χ2n) is 4.20. The predicted molar refractivity (Wildman–Crippen MR) is 72.6 cm³/mol. The van der Waals surface area contributed by atoms with Gasteiger partial charge in [-0.05, 0) is 43.5 Å². The molecule has 1 atom stereocenters. The van der Waals surface area contributed by atoms with Gasteiger partial charge in [-0.2, -0.15) is 0 Å². The molecule has 0 aromatic heterocycles. The zero-order valence-corrected chi connectivity index (χ0v) is 11.9. The van der Waals surface area contributed by atoms with Gasteiger partial charge in [0.1, 0.15) is 6.04 Å². The fraction of sp³-hybridized carbons (Fsp3) is 0.500. The molecule has 0 saturated heterocycles. The van der Waals surface area contributed by atoms with Crippen LogP contribution in [-0.2, 0) is 16.0 Å². The summed E-state index contributed by atoms with van der Waals surface area (Å²) >= 11 is 0. The standard InChI is InChI=1S/C14H21NO4/c1-5-19-14(16)11(15)7-10-8-13(18-4)12(17-3)6-9(10)2/h6,8,11H,5,7,15H2,1-4H3. The van der Waals surface area contributed by atoms with Crippen LogP contribution in [0.5, 0.6) is 11.5 Å². The average Bonchev–Trinajstić information content (AvgIpc) is 2.40.